The molecule has 1 rings (SSSR count). The van der Waals surface area contributed by atoms with E-state index >= 15 is 0 Å². The van der Waals surface area contributed by atoms with Gasteiger partial charge in [0.1, 0.15) is 5.75 Å². The number of aryl methyl sites for hydroxylation is 1. The highest BCUT2D eigenvalue weighted by Crippen LogP contribution is 2.25. The number of benzene rings is 1. The fourth-order valence-corrected chi connectivity index (χ4v) is 2.04. The molecule has 0 saturated carbocycles. The van der Waals surface area contributed by atoms with Crippen LogP contribution in [0, 0.1) is 12.8 Å². The van der Waals surface area contributed by atoms with Gasteiger partial charge in [0.2, 0.25) is 0 Å². The second kappa shape index (κ2) is 6.76. The number of rotatable bonds is 6. The quantitative estimate of drug-likeness (QED) is 0.817. The lowest BCUT2D eigenvalue weighted by molar-refractivity contribution is 0.128. The third kappa shape index (κ3) is 4.00. The number of methoxy groups -OCH3 is 1. The smallest absolute Gasteiger partial charge is 0.119 e. The Kier molecular flexibility index (Phi) is 5.63. The Hall–Kier alpha value is -1.06. The van der Waals surface area contributed by atoms with Gasteiger partial charge in [0.15, 0.2) is 0 Å². The topological polar surface area (TPSA) is 55.5 Å². The van der Waals surface area contributed by atoms with Crippen molar-refractivity contribution < 1.29 is 9.84 Å². The Balaban J connectivity index is 2.73. The molecule has 1 aromatic rings. The molecule has 0 unspecified atom stereocenters. The molecule has 0 saturated heterocycles. The van der Waals surface area contributed by atoms with Gasteiger partial charge in [-0.15, -0.1) is 0 Å². The molecule has 0 aliphatic rings. The summed E-state index contributed by atoms with van der Waals surface area (Å²) >= 11 is 0. The third-order valence-electron chi connectivity index (χ3n) is 3.29. The summed E-state index contributed by atoms with van der Waals surface area (Å²) < 4.78 is 5.17. The molecule has 0 heterocycles. The van der Waals surface area contributed by atoms with Gasteiger partial charge in [0.25, 0.3) is 0 Å². The van der Waals surface area contributed by atoms with Crippen LogP contribution >= 0.6 is 0 Å². The minimum Gasteiger partial charge on any atom is -0.497 e. The van der Waals surface area contributed by atoms with Crippen molar-refractivity contribution in [1.29, 1.82) is 0 Å². The molecule has 0 radical (unpaired) electrons. The maximum atomic E-state index is 10.1. The zero-order chi connectivity index (χ0) is 13.7. The average Bonchev–Trinajstić information content (AvgIpc) is 2.34. The third-order valence-corrected chi connectivity index (χ3v) is 3.29. The first-order valence-corrected chi connectivity index (χ1v) is 6.54. The summed E-state index contributed by atoms with van der Waals surface area (Å²) in [6.07, 6.45) is 1.24. The van der Waals surface area contributed by atoms with Crippen molar-refractivity contribution in [1.82, 2.24) is 0 Å². The Morgan fingerprint density at radius 2 is 1.94 bits per heavy atom. The van der Waals surface area contributed by atoms with Crippen molar-refractivity contribution in [3.63, 3.8) is 0 Å². The molecular formula is C15H25NO2. The van der Waals surface area contributed by atoms with Crippen LogP contribution in [0.15, 0.2) is 18.2 Å². The molecule has 3 nitrogen and oxygen atoms in total. The number of hydrogen-bond acceptors (Lipinski definition) is 3. The lowest BCUT2D eigenvalue weighted by Crippen LogP contribution is -2.27. The molecule has 0 aliphatic heterocycles. The number of hydrogen-bond donors (Lipinski definition) is 2. The SMILES string of the molecule is COc1ccc([C@@H](N)[C@@H](O)CCC(C)C)c(C)c1. The fraction of sp³-hybridized carbons (Fsp3) is 0.600. The van der Waals surface area contributed by atoms with Crippen molar-refractivity contribution >= 4 is 0 Å². The first kappa shape index (κ1) is 15.0. The largest absolute Gasteiger partial charge is 0.497 e. The van der Waals surface area contributed by atoms with Gasteiger partial charge in [0, 0.05) is 0 Å². The van der Waals surface area contributed by atoms with Crippen LogP contribution in [-0.2, 0) is 0 Å². The molecule has 0 bridgehead atoms. The number of aliphatic hydroxyl groups excluding tert-OH is 1. The van der Waals surface area contributed by atoms with Crippen LogP contribution < -0.4 is 10.5 Å². The molecule has 2 atom stereocenters. The monoisotopic (exact) mass is 251 g/mol. The second-order valence-corrected chi connectivity index (χ2v) is 5.29. The van der Waals surface area contributed by atoms with Crippen molar-refractivity contribution in [3.8, 4) is 5.75 Å². The first-order valence-electron chi connectivity index (χ1n) is 6.54. The molecule has 0 spiro atoms. The molecule has 18 heavy (non-hydrogen) atoms. The summed E-state index contributed by atoms with van der Waals surface area (Å²) in [5.41, 5.74) is 8.18. The number of ether oxygens (including phenoxy) is 1. The first-order chi connectivity index (χ1) is 8.45. The molecule has 3 N–H and O–H groups in total. The van der Waals surface area contributed by atoms with Crippen LogP contribution in [0.1, 0.15) is 43.9 Å². The van der Waals surface area contributed by atoms with E-state index in [4.69, 9.17) is 10.5 Å². The van der Waals surface area contributed by atoms with Crippen LogP contribution in [0.4, 0.5) is 0 Å². The van der Waals surface area contributed by atoms with E-state index in [1.807, 2.05) is 25.1 Å². The summed E-state index contributed by atoms with van der Waals surface area (Å²) in [4.78, 5) is 0. The van der Waals surface area contributed by atoms with Crippen LogP contribution in [-0.4, -0.2) is 18.3 Å². The summed E-state index contributed by atoms with van der Waals surface area (Å²) in [7, 11) is 1.64. The minimum atomic E-state index is -0.487. The maximum absolute atomic E-state index is 10.1. The van der Waals surface area contributed by atoms with Crippen LogP contribution in [0.5, 0.6) is 5.75 Å². The highest BCUT2D eigenvalue weighted by atomic mass is 16.5. The zero-order valence-corrected chi connectivity index (χ0v) is 11.8. The van der Waals surface area contributed by atoms with E-state index in [-0.39, 0.29) is 6.04 Å². The van der Waals surface area contributed by atoms with Gasteiger partial charge in [-0.25, -0.2) is 0 Å². The van der Waals surface area contributed by atoms with Crippen molar-refractivity contribution in [3.05, 3.63) is 29.3 Å². The molecule has 3 heteroatoms. The number of aliphatic hydroxyl groups is 1. The maximum Gasteiger partial charge on any atom is 0.119 e. The molecule has 1 aromatic carbocycles. The molecule has 102 valence electrons. The normalized spacial score (nSPS) is 14.6. The summed E-state index contributed by atoms with van der Waals surface area (Å²) in [6, 6.07) is 5.45. The lowest BCUT2D eigenvalue weighted by atomic mass is 9.93. The molecular weight excluding hydrogens is 226 g/mol. The Bertz CT molecular complexity index is 377. The summed E-state index contributed by atoms with van der Waals surface area (Å²) in [6.45, 7) is 6.29. The van der Waals surface area contributed by atoms with E-state index in [1.54, 1.807) is 7.11 Å². The lowest BCUT2D eigenvalue weighted by Gasteiger charge is -2.22. The molecule has 0 amide bonds. The van der Waals surface area contributed by atoms with Gasteiger partial charge < -0.3 is 15.6 Å². The van der Waals surface area contributed by atoms with Gasteiger partial charge in [-0.05, 0) is 48.9 Å². The molecule has 0 aromatic heterocycles. The van der Waals surface area contributed by atoms with E-state index in [2.05, 4.69) is 13.8 Å². The second-order valence-electron chi connectivity index (χ2n) is 5.29. The van der Waals surface area contributed by atoms with Crippen LogP contribution in [0.3, 0.4) is 0 Å². The van der Waals surface area contributed by atoms with Crippen LogP contribution in [0.2, 0.25) is 0 Å². The van der Waals surface area contributed by atoms with E-state index in [0.717, 1.165) is 29.7 Å². The van der Waals surface area contributed by atoms with Crippen molar-refractivity contribution in [2.45, 2.75) is 45.8 Å². The average molecular weight is 251 g/mol. The predicted octanol–water partition coefficient (Wildman–Crippen LogP) is 2.80. The van der Waals surface area contributed by atoms with E-state index in [1.165, 1.54) is 0 Å². The van der Waals surface area contributed by atoms with Crippen molar-refractivity contribution in [2.75, 3.05) is 7.11 Å². The standard InChI is InChI=1S/C15H25NO2/c1-10(2)5-8-14(17)15(16)13-7-6-12(18-4)9-11(13)3/h6-7,9-10,14-15,17H,5,8,16H2,1-4H3/t14-,15+/m0/s1. The van der Waals surface area contributed by atoms with Gasteiger partial charge in [-0.1, -0.05) is 19.9 Å². The molecule has 0 aliphatic carbocycles. The van der Waals surface area contributed by atoms with E-state index < -0.39 is 6.10 Å². The fourth-order valence-electron chi connectivity index (χ4n) is 2.04. The Morgan fingerprint density at radius 3 is 2.44 bits per heavy atom. The highest BCUT2D eigenvalue weighted by molar-refractivity contribution is 5.36. The summed E-state index contributed by atoms with van der Waals surface area (Å²) in [5.74, 6) is 1.41. The Labute approximate surface area is 110 Å². The minimum absolute atomic E-state index is 0.324. The van der Waals surface area contributed by atoms with Gasteiger partial charge in [0.05, 0.1) is 19.3 Å². The van der Waals surface area contributed by atoms with Gasteiger partial charge in [-0.3, -0.25) is 0 Å². The predicted molar refractivity (Wildman–Crippen MR) is 74.7 cm³/mol. The molecule has 0 fully saturated rings. The summed E-state index contributed by atoms with van der Waals surface area (Å²) in [5, 5.41) is 10.1. The van der Waals surface area contributed by atoms with Crippen molar-refractivity contribution in [2.24, 2.45) is 11.7 Å². The zero-order valence-electron chi connectivity index (χ0n) is 11.8. The van der Waals surface area contributed by atoms with E-state index in [0.29, 0.717) is 5.92 Å². The van der Waals surface area contributed by atoms with Gasteiger partial charge in [-0.2, -0.15) is 0 Å². The Morgan fingerprint density at radius 1 is 1.28 bits per heavy atom. The highest BCUT2D eigenvalue weighted by Gasteiger charge is 2.18. The van der Waals surface area contributed by atoms with E-state index in [9.17, 15) is 5.11 Å². The number of nitrogens with two attached hydrogens (primary N) is 1. The van der Waals surface area contributed by atoms with Crippen LogP contribution in [0.25, 0.3) is 0 Å². The van der Waals surface area contributed by atoms with Gasteiger partial charge >= 0.3 is 0 Å².